The predicted octanol–water partition coefficient (Wildman–Crippen LogP) is 1.51. The fourth-order valence-corrected chi connectivity index (χ4v) is 4.50. The average molecular weight is 401 g/mol. The average Bonchev–Trinajstić information content (AvgIpc) is 3.26. The number of benzene rings is 2. The van der Waals surface area contributed by atoms with Gasteiger partial charge in [0.1, 0.15) is 12.2 Å². The standard InChI is InChI=1S/C18H19N5O4S/c1-27-9-3-8-23-11-19-22-16(23)10-20-28(25,26)15-7-6-14-17-12(15)4-2-5-13(17)18(24)21-14/h2,4-7,11,20H,3,8-10H2,1H3,(H,21,24). The van der Waals surface area contributed by atoms with E-state index in [1.807, 2.05) is 0 Å². The van der Waals surface area contributed by atoms with Gasteiger partial charge in [-0.2, -0.15) is 0 Å². The van der Waals surface area contributed by atoms with Gasteiger partial charge in [-0.1, -0.05) is 12.1 Å². The monoisotopic (exact) mass is 401 g/mol. The van der Waals surface area contributed by atoms with E-state index in [1.165, 1.54) is 6.07 Å². The topological polar surface area (TPSA) is 115 Å². The molecule has 0 fully saturated rings. The fraction of sp³-hybridized carbons (Fsp3) is 0.278. The molecule has 2 heterocycles. The lowest BCUT2D eigenvalue weighted by Gasteiger charge is -2.11. The Labute approximate surface area is 161 Å². The van der Waals surface area contributed by atoms with Crippen LogP contribution in [0.3, 0.4) is 0 Å². The van der Waals surface area contributed by atoms with Gasteiger partial charge in [0.2, 0.25) is 10.0 Å². The molecular formula is C18H19N5O4S. The van der Waals surface area contributed by atoms with Gasteiger partial charge in [-0.3, -0.25) is 4.79 Å². The largest absolute Gasteiger partial charge is 0.385 e. The molecule has 0 saturated carbocycles. The zero-order valence-corrected chi connectivity index (χ0v) is 16.0. The minimum atomic E-state index is -3.82. The lowest BCUT2D eigenvalue weighted by atomic mass is 10.1. The molecule has 0 bridgehead atoms. The van der Waals surface area contributed by atoms with Crippen LogP contribution in [-0.2, 0) is 27.8 Å². The number of carbonyl (C=O) groups excluding carboxylic acids is 1. The maximum absolute atomic E-state index is 12.9. The highest BCUT2D eigenvalue weighted by Gasteiger charge is 2.26. The Morgan fingerprint density at radius 2 is 2.11 bits per heavy atom. The Kier molecular flexibility index (Phi) is 4.84. The van der Waals surface area contributed by atoms with Crippen LogP contribution in [-0.4, -0.2) is 42.8 Å². The van der Waals surface area contributed by atoms with Crippen LogP contribution in [0.4, 0.5) is 5.69 Å². The van der Waals surface area contributed by atoms with Crippen molar-refractivity contribution in [1.29, 1.82) is 0 Å². The quantitative estimate of drug-likeness (QED) is 0.553. The van der Waals surface area contributed by atoms with E-state index in [0.29, 0.717) is 41.0 Å². The van der Waals surface area contributed by atoms with Crippen LogP contribution < -0.4 is 10.0 Å². The summed E-state index contributed by atoms with van der Waals surface area (Å²) in [6.45, 7) is 1.23. The van der Waals surface area contributed by atoms with Crippen LogP contribution in [0.5, 0.6) is 0 Å². The molecule has 0 radical (unpaired) electrons. The molecule has 0 saturated heterocycles. The van der Waals surface area contributed by atoms with Crippen molar-refractivity contribution in [2.24, 2.45) is 0 Å². The van der Waals surface area contributed by atoms with Crippen LogP contribution in [0.15, 0.2) is 41.6 Å². The first-order chi connectivity index (χ1) is 13.5. The minimum absolute atomic E-state index is 0.00936. The first kappa shape index (κ1) is 18.5. The van der Waals surface area contributed by atoms with Crippen molar-refractivity contribution in [2.75, 3.05) is 19.0 Å². The van der Waals surface area contributed by atoms with Gasteiger partial charge in [0, 0.05) is 42.3 Å². The molecule has 2 N–H and O–H groups in total. The van der Waals surface area contributed by atoms with Crippen LogP contribution in [0.1, 0.15) is 22.6 Å². The maximum atomic E-state index is 12.9. The number of carbonyl (C=O) groups is 1. The smallest absolute Gasteiger partial charge is 0.256 e. The molecule has 2 aromatic carbocycles. The number of ether oxygens (including phenoxy) is 1. The molecular weight excluding hydrogens is 382 g/mol. The molecule has 1 aliphatic heterocycles. The van der Waals surface area contributed by atoms with Gasteiger partial charge in [-0.15, -0.1) is 10.2 Å². The summed E-state index contributed by atoms with van der Waals surface area (Å²) in [6.07, 6.45) is 2.33. The van der Waals surface area contributed by atoms with Crippen LogP contribution in [0.25, 0.3) is 10.8 Å². The number of nitrogens with one attached hydrogen (secondary N) is 2. The van der Waals surface area contributed by atoms with Crippen molar-refractivity contribution in [3.63, 3.8) is 0 Å². The van der Waals surface area contributed by atoms with Gasteiger partial charge in [0.25, 0.3) is 5.91 Å². The number of hydrogen-bond acceptors (Lipinski definition) is 6. The minimum Gasteiger partial charge on any atom is -0.385 e. The van der Waals surface area contributed by atoms with Crippen LogP contribution in [0.2, 0.25) is 0 Å². The Morgan fingerprint density at radius 3 is 2.93 bits per heavy atom. The fourth-order valence-electron chi connectivity index (χ4n) is 3.32. The van der Waals surface area contributed by atoms with Crippen molar-refractivity contribution in [2.45, 2.75) is 24.4 Å². The van der Waals surface area contributed by atoms with Gasteiger partial charge in [-0.05, 0) is 24.6 Å². The molecule has 9 nitrogen and oxygen atoms in total. The number of rotatable bonds is 8. The molecule has 1 aromatic heterocycles. The SMILES string of the molecule is COCCCn1cnnc1CNS(=O)(=O)c1ccc2c3c(cccc13)C(=O)N2. The zero-order valence-electron chi connectivity index (χ0n) is 15.2. The van der Waals surface area contributed by atoms with E-state index in [2.05, 4.69) is 20.2 Å². The molecule has 10 heteroatoms. The second-order valence-corrected chi connectivity index (χ2v) is 8.14. The van der Waals surface area contributed by atoms with E-state index in [1.54, 1.807) is 42.3 Å². The number of hydrogen-bond donors (Lipinski definition) is 2. The van der Waals surface area contributed by atoms with E-state index in [9.17, 15) is 13.2 Å². The number of anilines is 1. The summed E-state index contributed by atoms with van der Waals surface area (Å²) in [4.78, 5) is 12.2. The van der Waals surface area contributed by atoms with Crippen molar-refractivity contribution in [3.8, 4) is 0 Å². The molecule has 0 atom stereocenters. The van der Waals surface area contributed by atoms with E-state index in [-0.39, 0.29) is 17.3 Å². The molecule has 0 spiro atoms. The number of aromatic nitrogens is 3. The van der Waals surface area contributed by atoms with Crippen molar-refractivity contribution in [1.82, 2.24) is 19.5 Å². The molecule has 1 amide bonds. The van der Waals surface area contributed by atoms with E-state index < -0.39 is 10.0 Å². The van der Waals surface area contributed by atoms with Crippen LogP contribution in [0, 0.1) is 0 Å². The summed E-state index contributed by atoms with van der Waals surface area (Å²) < 4.78 is 35.3. The van der Waals surface area contributed by atoms with Gasteiger partial charge < -0.3 is 14.6 Å². The molecule has 28 heavy (non-hydrogen) atoms. The zero-order chi connectivity index (χ0) is 19.7. The molecule has 146 valence electrons. The van der Waals surface area contributed by atoms with Gasteiger partial charge >= 0.3 is 0 Å². The van der Waals surface area contributed by atoms with Gasteiger partial charge in [0.05, 0.1) is 11.4 Å². The number of sulfonamides is 1. The van der Waals surface area contributed by atoms with Crippen LogP contribution >= 0.6 is 0 Å². The highest BCUT2D eigenvalue weighted by molar-refractivity contribution is 7.89. The molecule has 4 rings (SSSR count). The first-order valence-electron chi connectivity index (χ1n) is 8.73. The normalized spacial score (nSPS) is 13.2. The Bertz CT molecular complexity index is 1160. The number of methoxy groups -OCH3 is 1. The van der Waals surface area contributed by atoms with Gasteiger partial charge in [0.15, 0.2) is 0 Å². The highest BCUT2D eigenvalue weighted by Crippen LogP contribution is 2.36. The summed E-state index contributed by atoms with van der Waals surface area (Å²) in [5.74, 6) is 0.287. The lowest BCUT2D eigenvalue weighted by molar-refractivity contribution is 0.103. The Balaban J connectivity index is 1.60. The summed E-state index contributed by atoms with van der Waals surface area (Å²) in [7, 11) is -2.20. The number of aryl methyl sites for hydroxylation is 1. The second kappa shape index (κ2) is 7.30. The highest BCUT2D eigenvalue weighted by atomic mass is 32.2. The third-order valence-electron chi connectivity index (χ3n) is 4.65. The van der Waals surface area contributed by atoms with E-state index in [0.717, 1.165) is 6.42 Å². The summed E-state index contributed by atoms with van der Waals surface area (Å²) >= 11 is 0. The van der Waals surface area contributed by atoms with Crippen molar-refractivity contribution >= 4 is 32.4 Å². The Hall–Kier alpha value is -2.82. The lowest BCUT2D eigenvalue weighted by Crippen LogP contribution is -2.25. The third-order valence-corrected chi connectivity index (χ3v) is 6.11. The molecule has 0 unspecified atom stereocenters. The van der Waals surface area contributed by atoms with E-state index in [4.69, 9.17) is 4.74 Å². The van der Waals surface area contributed by atoms with Crippen molar-refractivity contribution in [3.05, 3.63) is 48.0 Å². The number of amides is 1. The van der Waals surface area contributed by atoms with E-state index >= 15 is 0 Å². The third kappa shape index (κ3) is 3.26. The molecule has 0 aliphatic carbocycles. The Morgan fingerprint density at radius 1 is 1.25 bits per heavy atom. The maximum Gasteiger partial charge on any atom is 0.256 e. The molecule has 1 aliphatic rings. The summed E-state index contributed by atoms with van der Waals surface area (Å²) in [5.41, 5.74) is 1.09. The first-order valence-corrected chi connectivity index (χ1v) is 10.2. The summed E-state index contributed by atoms with van der Waals surface area (Å²) in [5, 5.41) is 11.7. The van der Waals surface area contributed by atoms with Crippen molar-refractivity contribution < 1.29 is 17.9 Å². The number of nitrogens with zero attached hydrogens (tertiary/aromatic N) is 3. The summed E-state index contributed by atoms with van der Waals surface area (Å²) in [6, 6.07) is 8.17. The molecule has 3 aromatic rings. The second-order valence-electron chi connectivity index (χ2n) is 6.40. The van der Waals surface area contributed by atoms with Gasteiger partial charge in [-0.25, -0.2) is 13.1 Å². The predicted molar refractivity (Wildman–Crippen MR) is 102 cm³/mol.